The maximum Gasteiger partial charge on any atom is 0.146 e. The van der Waals surface area contributed by atoms with Crippen molar-refractivity contribution in [2.75, 3.05) is 13.1 Å². The van der Waals surface area contributed by atoms with Crippen LogP contribution in [0.3, 0.4) is 0 Å². The molecule has 1 aromatic heterocycles. The Balaban J connectivity index is 0.866. The predicted octanol–water partition coefficient (Wildman–Crippen LogP) is 10.1. The summed E-state index contributed by atoms with van der Waals surface area (Å²) in [6, 6.07) is 0.518. The molecule has 4 nitrogen and oxygen atoms in total. The smallest absolute Gasteiger partial charge is 0.146 e. The summed E-state index contributed by atoms with van der Waals surface area (Å²) in [7, 11) is 2.55. The third-order valence-corrected chi connectivity index (χ3v) is 14.1. The maximum atomic E-state index is 6.98. The Morgan fingerprint density at radius 1 is 0.843 bits per heavy atom. The number of ether oxygens (including phenoxy) is 1. The van der Waals surface area contributed by atoms with E-state index in [2.05, 4.69) is 109 Å². The largest absolute Gasteiger partial charge is 0.465 e. The first-order chi connectivity index (χ1) is 25.2. The Bertz CT molecular complexity index is 2020. The number of fused-ring (bicyclic) bond motifs is 3. The lowest BCUT2D eigenvalue weighted by Gasteiger charge is -2.50. The summed E-state index contributed by atoms with van der Waals surface area (Å²) < 4.78 is 13.0. The van der Waals surface area contributed by atoms with Gasteiger partial charge in [0.1, 0.15) is 24.6 Å². The van der Waals surface area contributed by atoms with Gasteiger partial charge in [-0.25, -0.2) is 0 Å². The summed E-state index contributed by atoms with van der Waals surface area (Å²) >= 11 is 0. The van der Waals surface area contributed by atoms with E-state index >= 15 is 0 Å². The number of allylic oxidation sites excluding steroid dienone is 13. The van der Waals surface area contributed by atoms with Gasteiger partial charge in [-0.2, -0.15) is 0 Å². The van der Waals surface area contributed by atoms with Gasteiger partial charge in [0.25, 0.3) is 0 Å². The van der Waals surface area contributed by atoms with Crippen molar-refractivity contribution in [3.8, 4) is 0 Å². The van der Waals surface area contributed by atoms with E-state index in [1.165, 1.54) is 58.6 Å². The maximum absolute atomic E-state index is 6.98. The molecular weight excluding hydrogens is 623 g/mol. The van der Waals surface area contributed by atoms with Crippen LogP contribution in [-0.4, -0.2) is 42.2 Å². The van der Waals surface area contributed by atoms with Gasteiger partial charge in [0.15, 0.2) is 0 Å². The predicted molar refractivity (Wildman–Crippen MR) is 206 cm³/mol. The molecule has 11 rings (SSSR count). The third kappa shape index (κ3) is 4.76. The zero-order chi connectivity index (χ0) is 33.6. The summed E-state index contributed by atoms with van der Waals surface area (Å²) in [6.07, 6.45) is 45.9. The molecule has 2 bridgehead atoms. The molecule has 0 amide bonds. The van der Waals surface area contributed by atoms with Gasteiger partial charge < -0.3 is 14.1 Å². The standard InChI is InChI=1S/C46H48BN2O2/c1-28-29-12-19-37-42(28)41(51-45(37)32-10-16-33(17-11-32)49-39-8-3-2-6-34(39)35-7-4-24-47-46(35)49)9-5-25-48(26-22-29)38-20-14-30-15-21-40-44-31(23-27-50-40)13-18-36(38)43(30)44/h2,4-7,9,12,14-16,19,21-23,27-28,31-32,35-36,38,43,46H,3,8,10-11,13,17-18,20,24-26H2,1H3/b9-5-,29-22-/t28-,31?,32?,35?,36?,38?,43?,46-/m1/s1. The molecule has 257 valence electrons. The first-order valence-electron chi connectivity index (χ1n) is 20.0. The van der Waals surface area contributed by atoms with Crippen LogP contribution < -0.4 is 0 Å². The first-order valence-corrected chi connectivity index (χ1v) is 20.0. The fourth-order valence-electron chi connectivity index (χ4n) is 11.7. The van der Waals surface area contributed by atoms with E-state index in [4.69, 9.17) is 9.15 Å². The number of furan rings is 1. The zero-order valence-electron chi connectivity index (χ0n) is 29.8. The summed E-state index contributed by atoms with van der Waals surface area (Å²) in [5.74, 6) is 6.79. The highest BCUT2D eigenvalue weighted by Gasteiger charge is 2.47. The molecule has 1 radical (unpaired) electrons. The van der Waals surface area contributed by atoms with Crippen LogP contribution in [-0.2, 0) is 4.74 Å². The van der Waals surface area contributed by atoms with Gasteiger partial charge in [0.05, 0.1) is 6.26 Å². The molecule has 1 aromatic rings. The van der Waals surface area contributed by atoms with E-state index in [0.717, 1.165) is 63.0 Å². The van der Waals surface area contributed by atoms with Crippen molar-refractivity contribution in [1.82, 2.24) is 9.80 Å². The number of hydrogen-bond donors (Lipinski definition) is 0. The number of rotatable bonds is 3. The van der Waals surface area contributed by atoms with Crippen LogP contribution in [0.15, 0.2) is 123 Å². The average molecular weight is 672 g/mol. The summed E-state index contributed by atoms with van der Waals surface area (Å²) in [6.45, 7) is 4.32. The second kappa shape index (κ2) is 12.1. The molecule has 8 atom stereocenters. The Morgan fingerprint density at radius 3 is 2.75 bits per heavy atom. The molecule has 1 fully saturated rings. The number of nitrogens with zero attached hydrogens (tertiary/aromatic N) is 2. The summed E-state index contributed by atoms with van der Waals surface area (Å²) in [5, 5.41) is 0. The van der Waals surface area contributed by atoms with E-state index in [-0.39, 0.29) is 0 Å². The van der Waals surface area contributed by atoms with Crippen LogP contribution in [0, 0.1) is 23.7 Å². The highest BCUT2D eigenvalue weighted by molar-refractivity contribution is 6.39. The minimum absolute atomic E-state index is 0.327. The van der Waals surface area contributed by atoms with Crippen LogP contribution in [0.4, 0.5) is 0 Å². The minimum atomic E-state index is 0.327. The highest BCUT2D eigenvalue weighted by Crippen LogP contribution is 2.53. The molecular formula is C46H48BN2O2. The van der Waals surface area contributed by atoms with Gasteiger partial charge in [-0.3, -0.25) is 4.90 Å². The normalized spacial score (nSPS) is 37.4. The van der Waals surface area contributed by atoms with Crippen molar-refractivity contribution in [1.29, 1.82) is 0 Å². The SMILES string of the molecule is C[C@@H]1/C2=C\CN(C3CC=C4C=CC5=C6C(C=CO5)CCC3C46)C/C=C\c3oc(C4CC=C(N5C6=C(C=CCC6)C6C=CC[B][C@@H]65)CC4)c(c31)C=C2. The molecule has 0 aromatic carbocycles. The lowest BCUT2D eigenvalue weighted by Crippen LogP contribution is -2.49. The lowest BCUT2D eigenvalue weighted by atomic mass is 9.58. The van der Waals surface area contributed by atoms with Gasteiger partial charge in [-0.1, -0.05) is 80.1 Å². The van der Waals surface area contributed by atoms with Crippen molar-refractivity contribution in [2.24, 2.45) is 23.7 Å². The Kier molecular flexibility index (Phi) is 7.24. The van der Waals surface area contributed by atoms with Gasteiger partial charge >= 0.3 is 0 Å². The van der Waals surface area contributed by atoms with Crippen molar-refractivity contribution in [3.63, 3.8) is 0 Å². The van der Waals surface area contributed by atoms with Gasteiger partial charge in [-0.15, -0.1) is 0 Å². The fraction of sp³-hybridized carbons (Fsp3) is 0.435. The van der Waals surface area contributed by atoms with E-state index in [0.29, 0.717) is 47.5 Å². The molecule has 51 heavy (non-hydrogen) atoms. The molecule has 10 aliphatic rings. The van der Waals surface area contributed by atoms with Crippen LogP contribution >= 0.6 is 0 Å². The highest BCUT2D eigenvalue weighted by atomic mass is 16.5. The van der Waals surface area contributed by atoms with Gasteiger partial charge in [0, 0.05) is 77.2 Å². The second-order valence-corrected chi connectivity index (χ2v) is 16.5. The third-order valence-electron chi connectivity index (χ3n) is 14.1. The Labute approximate surface area is 304 Å². The monoisotopic (exact) mass is 671 g/mol. The number of hydrogen-bond acceptors (Lipinski definition) is 4. The van der Waals surface area contributed by atoms with Crippen molar-refractivity contribution in [3.05, 3.63) is 141 Å². The molecule has 6 aliphatic carbocycles. The molecule has 5 heteroatoms. The summed E-state index contributed by atoms with van der Waals surface area (Å²) in [4.78, 5) is 5.49. The molecule has 6 unspecified atom stereocenters. The molecule has 4 aliphatic heterocycles. The zero-order valence-corrected chi connectivity index (χ0v) is 29.8. The van der Waals surface area contributed by atoms with Crippen LogP contribution in [0.25, 0.3) is 12.2 Å². The van der Waals surface area contributed by atoms with Crippen LogP contribution in [0.1, 0.15) is 92.8 Å². The average Bonchev–Trinajstić information content (AvgIpc) is 3.72. The van der Waals surface area contributed by atoms with E-state index in [9.17, 15) is 0 Å². The minimum Gasteiger partial charge on any atom is -0.465 e. The lowest BCUT2D eigenvalue weighted by molar-refractivity contribution is 0.110. The summed E-state index contributed by atoms with van der Waals surface area (Å²) in [5.41, 5.74) is 11.9. The Hall–Kier alpha value is -3.96. The fourth-order valence-corrected chi connectivity index (χ4v) is 11.7. The van der Waals surface area contributed by atoms with E-state index in [1.807, 2.05) is 6.26 Å². The van der Waals surface area contributed by atoms with Crippen LogP contribution in [0.5, 0.6) is 0 Å². The van der Waals surface area contributed by atoms with E-state index in [1.54, 1.807) is 11.3 Å². The molecule has 1 saturated carbocycles. The molecule has 0 saturated heterocycles. The first kappa shape index (κ1) is 30.7. The van der Waals surface area contributed by atoms with E-state index < -0.39 is 0 Å². The molecule has 0 N–H and O–H groups in total. The van der Waals surface area contributed by atoms with Gasteiger partial charge in [-0.05, 0) is 97.8 Å². The van der Waals surface area contributed by atoms with Crippen molar-refractivity contribution >= 4 is 19.4 Å². The Morgan fingerprint density at radius 2 is 1.80 bits per heavy atom. The van der Waals surface area contributed by atoms with Crippen molar-refractivity contribution in [2.45, 2.75) is 88.4 Å². The molecule has 0 spiro atoms. The molecule has 5 heterocycles. The quantitative estimate of drug-likeness (QED) is 0.236. The second-order valence-electron chi connectivity index (χ2n) is 16.5. The topological polar surface area (TPSA) is 28.9 Å². The van der Waals surface area contributed by atoms with Gasteiger partial charge in [0.2, 0.25) is 0 Å². The van der Waals surface area contributed by atoms with Crippen molar-refractivity contribution < 1.29 is 9.15 Å². The van der Waals surface area contributed by atoms with Crippen LogP contribution in [0.2, 0.25) is 6.32 Å².